The Labute approximate surface area is 150 Å². The normalized spacial score (nSPS) is 14.8. The summed E-state index contributed by atoms with van der Waals surface area (Å²) in [5.74, 6) is -0.528. The standard InChI is InChI=1S/C17H22FN3O3S/c18-13-5-7-14(8-6-13)25-11-9-15(22)19-20-16(23)12-21-10-3-1-2-4-17(21)24/h5-8H,1-4,9-12H2,(H,19,22)(H,20,23). The van der Waals surface area contributed by atoms with E-state index < -0.39 is 5.91 Å². The Bertz CT molecular complexity index is 610. The molecule has 1 saturated heterocycles. The fourth-order valence-electron chi connectivity index (χ4n) is 2.41. The van der Waals surface area contributed by atoms with Crippen LogP contribution in [0.4, 0.5) is 4.39 Å². The summed E-state index contributed by atoms with van der Waals surface area (Å²) in [5, 5.41) is 0. The number of hydrazine groups is 1. The van der Waals surface area contributed by atoms with Crippen molar-refractivity contribution in [1.82, 2.24) is 15.8 Å². The molecule has 0 aliphatic carbocycles. The minimum atomic E-state index is -0.408. The number of amides is 3. The summed E-state index contributed by atoms with van der Waals surface area (Å²) in [6.45, 7) is 0.540. The Morgan fingerprint density at radius 3 is 2.56 bits per heavy atom. The van der Waals surface area contributed by atoms with Crippen molar-refractivity contribution in [3.8, 4) is 0 Å². The average molecular weight is 367 g/mol. The van der Waals surface area contributed by atoms with Crippen molar-refractivity contribution in [2.45, 2.75) is 37.0 Å². The lowest BCUT2D eigenvalue weighted by molar-refractivity contribution is -0.136. The SMILES string of the molecule is O=C(CCSc1ccc(F)cc1)NNC(=O)CN1CCCCCC1=O. The van der Waals surface area contributed by atoms with E-state index in [2.05, 4.69) is 10.9 Å². The third-order valence-electron chi connectivity index (χ3n) is 3.76. The zero-order chi connectivity index (χ0) is 18.1. The molecule has 6 nitrogen and oxygen atoms in total. The van der Waals surface area contributed by atoms with Crippen LogP contribution in [-0.4, -0.2) is 41.5 Å². The number of thioether (sulfide) groups is 1. The van der Waals surface area contributed by atoms with Crippen LogP contribution in [-0.2, 0) is 14.4 Å². The number of nitrogens with zero attached hydrogens (tertiary/aromatic N) is 1. The lowest BCUT2D eigenvalue weighted by Gasteiger charge is -2.19. The number of hydrogen-bond donors (Lipinski definition) is 2. The third-order valence-corrected chi connectivity index (χ3v) is 4.77. The molecule has 0 unspecified atom stereocenters. The fraction of sp³-hybridized carbons (Fsp3) is 0.471. The molecule has 8 heteroatoms. The maximum atomic E-state index is 12.8. The number of likely N-dealkylation sites (tertiary alicyclic amines) is 1. The monoisotopic (exact) mass is 367 g/mol. The summed E-state index contributed by atoms with van der Waals surface area (Å²) in [5.41, 5.74) is 4.68. The lowest BCUT2D eigenvalue weighted by Crippen LogP contribution is -2.47. The van der Waals surface area contributed by atoms with Gasteiger partial charge in [-0.25, -0.2) is 4.39 Å². The van der Waals surface area contributed by atoms with Crippen molar-refractivity contribution in [1.29, 1.82) is 0 Å². The summed E-state index contributed by atoms with van der Waals surface area (Å²) < 4.78 is 12.8. The summed E-state index contributed by atoms with van der Waals surface area (Å²) in [6.07, 6.45) is 3.43. The molecule has 0 radical (unpaired) electrons. The number of hydrogen-bond acceptors (Lipinski definition) is 4. The Kier molecular flexibility index (Phi) is 7.72. The van der Waals surface area contributed by atoms with Gasteiger partial charge in [-0.1, -0.05) is 6.42 Å². The van der Waals surface area contributed by atoms with E-state index in [1.165, 1.54) is 28.8 Å². The minimum absolute atomic E-state index is 0.0188. The molecule has 2 rings (SSSR count). The smallest absolute Gasteiger partial charge is 0.257 e. The van der Waals surface area contributed by atoms with E-state index in [9.17, 15) is 18.8 Å². The van der Waals surface area contributed by atoms with Gasteiger partial charge in [0.25, 0.3) is 5.91 Å². The second kappa shape index (κ2) is 10.0. The molecule has 0 bridgehead atoms. The number of halogens is 1. The molecule has 1 aliphatic heterocycles. The van der Waals surface area contributed by atoms with Gasteiger partial charge in [0.1, 0.15) is 12.4 Å². The molecule has 1 fully saturated rings. The summed E-state index contributed by atoms with van der Waals surface area (Å²) in [7, 11) is 0. The van der Waals surface area contributed by atoms with E-state index in [0.29, 0.717) is 18.7 Å². The predicted octanol–water partition coefficient (Wildman–Crippen LogP) is 1.86. The second-order valence-corrected chi connectivity index (χ2v) is 6.94. The quantitative estimate of drug-likeness (QED) is 0.594. The van der Waals surface area contributed by atoms with E-state index in [-0.39, 0.29) is 30.6 Å². The molecule has 0 aromatic heterocycles. The lowest BCUT2D eigenvalue weighted by atomic mass is 10.2. The molecule has 136 valence electrons. The highest BCUT2D eigenvalue weighted by Crippen LogP contribution is 2.18. The highest BCUT2D eigenvalue weighted by Gasteiger charge is 2.19. The first kappa shape index (κ1) is 19.2. The van der Waals surface area contributed by atoms with Crippen molar-refractivity contribution >= 4 is 29.5 Å². The van der Waals surface area contributed by atoms with Crippen LogP contribution in [0.2, 0.25) is 0 Å². The van der Waals surface area contributed by atoms with E-state index in [1.807, 2.05) is 0 Å². The molecule has 0 atom stereocenters. The van der Waals surface area contributed by atoms with Crippen molar-refractivity contribution < 1.29 is 18.8 Å². The minimum Gasteiger partial charge on any atom is -0.333 e. The van der Waals surface area contributed by atoms with Crippen molar-refractivity contribution in [2.75, 3.05) is 18.8 Å². The number of rotatable bonds is 6. The van der Waals surface area contributed by atoms with Gasteiger partial charge in [-0.15, -0.1) is 11.8 Å². The topological polar surface area (TPSA) is 78.5 Å². The van der Waals surface area contributed by atoms with Crippen LogP contribution < -0.4 is 10.9 Å². The van der Waals surface area contributed by atoms with Gasteiger partial charge < -0.3 is 4.90 Å². The van der Waals surface area contributed by atoms with Crippen molar-refractivity contribution in [2.24, 2.45) is 0 Å². The van der Waals surface area contributed by atoms with Crippen LogP contribution in [0, 0.1) is 5.82 Å². The van der Waals surface area contributed by atoms with E-state index in [4.69, 9.17) is 0 Å². The molecule has 0 spiro atoms. The number of carbonyl (C=O) groups excluding carboxylic acids is 3. The van der Waals surface area contributed by atoms with Crippen LogP contribution in [0.15, 0.2) is 29.2 Å². The summed E-state index contributed by atoms with van der Waals surface area (Å²) >= 11 is 1.43. The molecular formula is C17H22FN3O3S. The van der Waals surface area contributed by atoms with Gasteiger partial charge in [0, 0.05) is 30.0 Å². The number of carbonyl (C=O) groups is 3. The Balaban J connectivity index is 1.62. The Morgan fingerprint density at radius 2 is 1.80 bits per heavy atom. The summed E-state index contributed by atoms with van der Waals surface area (Å²) in [6, 6.07) is 6.04. The highest BCUT2D eigenvalue weighted by atomic mass is 32.2. The van der Waals surface area contributed by atoms with E-state index in [0.717, 1.165) is 24.2 Å². The molecule has 3 amide bonds. The first-order valence-electron chi connectivity index (χ1n) is 8.28. The van der Waals surface area contributed by atoms with Crippen LogP contribution in [0.5, 0.6) is 0 Å². The summed E-state index contributed by atoms with van der Waals surface area (Å²) in [4.78, 5) is 37.8. The van der Waals surface area contributed by atoms with Gasteiger partial charge >= 0.3 is 0 Å². The maximum absolute atomic E-state index is 12.8. The zero-order valence-electron chi connectivity index (χ0n) is 13.9. The fourth-order valence-corrected chi connectivity index (χ4v) is 3.26. The van der Waals surface area contributed by atoms with Crippen molar-refractivity contribution in [3.05, 3.63) is 30.1 Å². The first-order chi connectivity index (χ1) is 12.0. The van der Waals surface area contributed by atoms with Crippen LogP contribution in [0.1, 0.15) is 32.1 Å². The Hall–Kier alpha value is -2.09. The van der Waals surface area contributed by atoms with Gasteiger partial charge in [-0.2, -0.15) is 0 Å². The number of nitrogens with one attached hydrogen (secondary N) is 2. The van der Waals surface area contributed by atoms with Crippen molar-refractivity contribution in [3.63, 3.8) is 0 Å². The molecule has 1 heterocycles. The van der Waals surface area contributed by atoms with E-state index in [1.54, 1.807) is 12.1 Å². The molecular weight excluding hydrogens is 345 g/mol. The van der Waals surface area contributed by atoms with Crippen LogP contribution >= 0.6 is 11.8 Å². The average Bonchev–Trinajstić information content (AvgIpc) is 2.79. The molecule has 25 heavy (non-hydrogen) atoms. The van der Waals surface area contributed by atoms with Gasteiger partial charge in [-0.05, 0) is 37.1 Å². The molecule has 1 aromatic carbocycles. The highest BCUT2D eigenvalue weighted by molar-refractivity contribution is 7.99. The van der Waals surface area contributed by atoms with Gasteiger partial charge in [0.15, 0.2) is 0 Å². The number of benzene rings is 1. The molecule has 0 saturated carbocycles. The molecule has 1 aromatic rings. The first-order valence-corrected chi connectivity index (χ1v) is 9.27. The van der Waals surface area contributed by atoms with Gasteiger partial charge in [-0.3, -0.25) is 25.2 Å². The second-order valence-electron chi connectivity index (χ2n) is 5.77. The van der Waals surface area contributed by atoms with E-state index >= 15 is 0 Å². The Morgan fingerprint density at radius 1 is 1.08 bits per heavy atom. The third kappa shape index (κ3) is 7.13. The van der Waals surface area contributed by atoms with Gasteiger partial charge in [0.2, 0.25) is 11.8 Å². The predicted molar refractivity (Wildman–Crippen MR) is 93.1 cm³/mol. The molecule has 1 aliphatic rings. The van der Waals surface area contributed by atoms with Gasteiger partial charge in [0.05, 0.1) is 0 Å². The maximum Gasteiger partial charge on any atom is 0.257 e. The molecule has 2 N–H and O–H groups in total. The van der Waals surface area contributed by atoms with Crippen LogP contribution in [0.3, 0.4) is 0 Å². The largest absolute Gasteiger partial charge is 0.333 e. The van der Waals surface area contributed by atoms with Crippen LogP contribution in [0.25, 0.3) is 0 Å². The zero-order valence-corrected chi connectivity index (χ0v) is 14.7.